The van der Waals surface area contributed by atoms with Crippen molar-refractivity contribution in [3.05, 3.63) is 41.5 Å². The molecular weight excluding hydrogens is 374 g/mol. The van der Waals surface area contributed by atoms with Gasteiger partial charge < -0.3 is 24.6 Å². The van der Waals surface area contributed by atoms with Gasteiger partial charge in [0.05, 0.1) is 14.2 Å². The molecule has 0 radical (unpaired) electrons. The lowest BCUT2D eigenvalue weighted by molar-refractivity contribution is -0.157. The zero-order valence-corrected chi connectivity index (χ0v) is 16.4. The number of aliphatic carboxylic acids is 1. The molecular formula is C22H23NO6. The lowest BCUT2D eigenvalue weighted by Crippen LogP contribution is -2.43. The third kappa shape index (κ3) is 3.16. The van der Waals surface area contributed by atoms with Crippen LogP contribution >= 0.6 is 0 Å². The predicted octanol–water partition coefficient (Wildman–Crippen LogP) is 3.25. The molecule has 1 heterocycles. The van der Waals surface area contributed by atoms with Crippen molar-refractivity contribution >= 4 is 11.9 Å². The Labute approximate surface area is 168 Å². The molecule has 29 heavy (non-hydrogen) atoms. The fourth-order valence-corrected chi connectivity index (χ4v) is 3.90. The highest BCUT2D eigenvalue weighted by Gasteiger charge is 2.45. The molecule has 2 aromatic carbocycles. The summed E-state index contributed by atoms with van der Waals surface area (Å²) in [7, 11) is 3.06. The van der Waals surface area contributed by atoms with E-state index < -0.39 is 11.4 Å². The van der Waals surface area contributed by atoms with E-state index in [0.29, 0.717) is 42.2 Å². The average molecular weight is 397 g/mol. The monoisotopic (exact) mass is 397 g/mol. The number of carboxylic acid groups (broad SMARTS) is 1. The molecule has 152 valence electrons. The van der Waals surface area contributed by atoms with E-state index in [9.17, 15) is 14.7 Å². The SMILES string of the molecule is COc1ccc(-c2ccc3c(c2)CNC3=O)c(OCC2(C(=O)O)CCC2)c1OC. The maximum Gasteiger partial charge on any atom is 0.313 e. The van der Waals surface area contributed by atoms with Gasteiger partial charge in [-0.3, -0.25) is 9.59 Å². The maximum atomic E-state index is 11.9. The van der Waals surface area contributed by atoms with Crippen molar-refractivity contribution < 1.29 is 28.9 Å². The topological polar surface area (TPSA) is 94.1 Å². The zero-order chi connectivity index (χ0) is 20.6. The first-order valence-electron chi connectivity index (χ1n) is 9.52. The molecule has 0 unspecified atom stereocenters. The number of benzene rings is 2. The van der Waals surface area contributed by atoms with Crippen LogP contribution in [0.3, 0.4) is 0 Å². The van der Waals surface area contributed by atoms with Crippen LogP contribution in [0.5, 0.6) is 17.2 Å². The maximum absolute atomic E-state index is 11.9. The van der Waals surface area contributed by atoms with Crippen molar-refractivity contribution in [2.24, 2.45) is 5.41 Å². The summed E-state index contributed by atoms with van der Waals surface area (Å²) in [5, 5.41) is 12.4. The van der Waals surface area contributed by atoms with Gasteiger partial charge in [-0.1, -0.05) is 12.5 Å². The van der Waals surface area contributed by atoms with E-state index in [0.717, 1.165) is 23.1 Å². The minimum absolute atomic E-state index is 0.0594. The molecule has 1 aliphatic heterocycles. The summed E-state index contributed by atoms with van der Waals surface area (Å²) in [6, 6.07) is 9.23. The van der Waals surface area contributed by atoms with Crippen LogP contribution in [0.2, 0.25) is 0 Å². The van der Waals surface area contributed by atoms with E-state index in [1.807, 2.05) is 18.2 Å². The van der Waals surface area contributed by atoms with Crippen molar-refractivity contribution in [2.45, 2.75) is 25.8 Å². The van der Waals surface area contributed by atoms with Gasteiger partial charge in [0.1, 0.15) is 12.0 Å². The van der Waals surface area contributed by atoms with Gasteiger partial charge in [-0.15, -0.1) is 0 Å². The van der Waals surface area contributed by atoms with Crippen molar-refractivity contribution in [2.75, 3.05) is 20.8 Å². The van der Waals surface area contributed by atoms with Gasteiger partial charge >= 0.3 is 5.97 Å². The molecule has 1 fully saturated rings. The van der Waals surface area contributed by atoms with Crippen LogP contribution < -0.4 is 19.5 Å². The molecule has 0 saturated heterocycles. The van der Waals surface area contributed by atoms with Crippen LogP contribution in [0.15, 0.2) is 30.3 Å². The van der Waals surface area contributed by atoms with E-state index in [2.05, 4.69) is 5.32 Å². The number of carbonyl (C=O) groups excluding carboxylic acids is 1. The van der Waals surface area contributed by atoms with Gasteiger partial charge in [-0.25, -0.2) is 0 Å². The minimum atomic E-state index is -0.861. The molecule has 2 aromatic rings. The van der Waals surface area contributed by atoms with Gasteiger partial charge in [0.2, 0.25) is 5.75 Å². The normalized spacial score (nSPS) is 16.4. The molecule has 1 aliphatic carbocycles. The summed E-state index contributed by atoms with van der Waals surface area (Å²) in [6.07, 6.45) is 2.07. The van der Waals surface area contributed by atoms with Crippen molar-refractivity contribution in [3.63, 3.8) is 0 Å². The molecule has 0 spiro atoms. The number of carboxylic acids is 1. The third-order valence-corrected chi connectivity index (χ3v) is 5.86. The Kier molecular flexibility index (Phi) is 4.82. The number of nitrogens with one attached hydrogen (secondary N) is 1. The van der Waals surface area contributed by atoms with Gasteiger partial charge in [0, 0.05) is 17.7 Å². The summed E-state index contributed by atoms with van der Waals surface area (Å²) in [5.41, 5.74) is 2.32. The lowest BCUT2D eigenvalue weighted by atomic mass is 9.69. The molecule has 2 N–H and O–H groups in total. The van der Waals surface area contributed by atoms with E-state index in [1.165, 1.54) is 7.11 Å². The molecule has 0 atom stereocenters. The standard InChI is InChI=1S/C22H23NO6/c1-27-17-7-6-15(13-4-5-16-14(10-13)11-23-20(16)24)18(19(17)28-2)29-12-22(21(25)26)8-3-9-22/h4-7,10H,3,8-9,11-12H2,1-2H3,(H,23,24)(H,25,26). The largest absolute Gasteiger partial charge is 0.493 e. The molecule has 2 aliphatic rings. The predicted molar refractivity (Wildman–Crippen MR) is 106 cm³/mol. The summed E-state index contributed by atoms with van der Waals surface area (Å²) in [4.78, 5) is 23.6. The van der Waals surface area contributed by atoms with Crippen molar-refractivity contribution in [1.82, 2.24) is 5.32 Å². The first-order chi connectivity index (χ1) is 14.0. The summed E-state index contributed by atoms with van der Waals surface area (Å²) < 4.78 is 17.0. The molecule has 7 nitrogen and oxygen atoms in total. The molecule has 1 amide bonds. The third-order valence-electron chi connectivity index (χ3n) is 5.86. The van der Waals surface area contributed by atoms with Crippen LogP contribution in [0.25, 0.3) is 11.1 Å². The molecule has 0 bridgehead atoms. The van der Waals surface area contributed by atoms with E-state index in [-0.39, 0.29) is 12.5 Å². The van der Waals surface area contributed by atoms with E-state index in [4.69, 9.17) is 14.2 Å². The van der Waals surface area contributed by atoms with Crippen molar-refractivity contribution in [1.29, 1.82) is 0 Å². The first kappa shape index (κ1) is 19.1. The number of hydrogen-bond donors (Lipinski definition) is 2. The molecule has 4 rings (SSSR count). The quantitative estimate of drug-likeness (QED) is 0.745. The fraction of sp³-hybridized carbons (Fsp3) is 0.364. The Balaban J connectivity index is 1.76. The summed E-state index contributed by atoms with van der Waals surface area (Å²) in [6.45, 7) is 0.539. The Morgan fingerprint density at radius 1 is 1.10 bits per heavy atom. The van der Waals surface area contributed by atoms with Gasteiger partial charge in [0.25, 0.3) is 5.91 Å². The van der Waals surface area contributed by atoms with Gasteiger partial charge in [-0.05, 0) is 48.2 Å². The zero-order valence-electron chi connectivity index (χ0n) is 16.4. The number of rotatable bonds is 7. The summed E-state index contributed by atoms with van der Waals surface area (Å²) >= 11 is 0. The van der Waals surface area contributed by atoms with E-state index >= 15 is 0 Å². The Hall–Kier alpha value is -3.22. The van der Waals surface area contributed by atoms with Crippen molar-refractivity contribution in [3.8, 4) is 28.4 Å². The second-order valence-electron chi connectivity index (χ2n) is 7.46. The second kappa shape index (κ2) is 7.31. The minimum Gasteiger partial charge on any atom is -0.493 e. The number of carbonyl (C=O) groups is 2. The number of hydrogen-bond acceptors (Lipinski definition) is 5. The number of fused-ring (bicyclic) bond motifs is 1. The number of methoxy groups -OCH3 is 2. The molecule has 7 heteroatoms. The molecule has 0 aromatic heterocycles. The van der Waals surface area contributed by atoms with Crippen LogP contribution in [0, 0.1) is 5.41 Å². The fourth-order valence-electron chi connectivity index (χ4n) is 3.90. The van der Waals surface area contributed by atoms with Crippen LogP contribution in [0.4, 0.5) is 0 Å². The van der Waals surface area contributed by atoms with Gasteiger partial charge in [0.15, 0.2) is 11.5 Å². The second-order valence-corrected chi connectivity index (χ2v) is 7.46. The highest BCUT2D eigenvalue weighted by molar-refractivity contribution is 5.99. The van der Waals surface area contributed by atoms with Crippen LogP contribution in [-0.2, 0) is 11.3 Å². The molecule has 1 saturated carbocycles. The number of amides is 1. The average Bonchev–Trinajstić information content (AvgIpc) is 3.06. The first-order valence-corrected chi connectivity index (χ1v) is 9.52. The smallest absolute Gasteiger partial charge is 0.313 e. The van der Waals surface area contributed by atoms with Gasteiger partial charge in [-0.2, -0.15) is 0 Å². The van der Waals surface area contributed by atoms with E-state index in [1.54, 1.807) is 19.2 Å². The summed E-state index contributed by atoms with van der Waals surface area (Å²) in [5.74, 6) is 0.441. The van der Waals surface area contributed by atoms with Crippen LogP contribution in [-0.4, -0.2) is 37.8 Å². The Morgan fingerprint density at radius 2 is 1.86 bits per heavy atom. The highest BCUT2D eigenvalue weighted by Crippen LogP contribution is 2.47. The Morgan fingerprint density at radius 3 is 2.48 bits per heavy atom. The lowest BCUT2D eigenvalue weighted by Gasteiger charge is -2.37. The Bertz CT molecular complexity index is 980. The highest BCUT2D eigenvalue weighted by atomic mass is 16.5. The number of ether oxygens (including phenoxy) is 3. The van der Waals surface area contributed by atoms with Crippen LogP contribution in [0.1, 0.15) is 35.2 Å².